The lowest BCUT2D eigenvalue weighted by Gasteiger charge is -1.97. The van der Waals surface area contributed by atoms with Gasteiger partial charge in [0.25, 0.3) is 0 Å². The molecule has 0 aliphatic carbocycles. The number of aliphatic hydroxyl groups is 2. The molecule has 0 rings (SSSR count). The average molecular weight is 79.1 g/mol. The van der Waals surface area contributed by atoms with Crippen LogP contribution in [-0.2, 0) is 0 Å². The summed E-state index contributed by atoms with van der Waals surface area (Å²) in [6, 6.07) is -3.25. The highest BCUT2D eigenvalue weighted by Crippen LogP contribution is 1.92. The lowest BCUT2D eigenvalue weighted by Crippen LogP contribution is -2.13. The van der Waals surface area contributed by atoms with Crippen LogP contribution in [0.15, 0.2) is 0 Å². The minimum absolute atomic E-state index is 2.22. The van der Waals surface area contributed by atoms with Crippen LogP contribution >= 0.6 is 0 Å². The number of alkyl halides is 1. The molecule has 0 heterocycles. The zero-order chi connectivity index (χ0) is 4.50. The van der Waals surface area contributed by atoms with Gasteiger partial charge >= 0.3 is 6.04 Å². The molecule has 0 amide bonds. The van der Waals surface area contributed by atoms with Gasteiger partial charge in [-0.25, -0.2) is 0 Å². The van der Waals surface area contributed by atoms with Crippen LogP contribution in [0.3, 0.4) is 0 Å². The summed E-state index contributed by atoms with van der Waals surface area (Å²) in [4.78, 5) is 0. The highest BCUT2D eigenvalue weighted by atomic mass is 19.2. The van der Waals surface area contributed by atoms with E-state index in [4.69, 9.17) is 10.2 Å². The smallest absolute Gasteiger partial charge is 0.315 e. The van der Waals surface area contributed by atoms with E-state index in [1.54, 1.807) is 0 Å². The van der Waals surface area contributed by atoms with E-state index in [0.29, 0.717) is 0 Å². The standard InChI is InChI=1S/C2H4FO2/c1-2(3,4)5/h4-5H,1H2. The molecule has 0 fully saturated rings. The van der Waals surface area contributed by atoms with Gasteiger partial charge in [0.15, 0.2) is 0 Å². The van der Waals surface area contributed by atoms with Gasteiger partial charge in [0, 0.05) is 6.92 Å². The molecule has 1 radical (unpaired) electrons. The molecule has 0 bridgehead atoms. The molecule has 0 aromatic heterocycles. The number of rotatable bonds is 0. The third kappa shape index (κ3) is 586. The van der Waals surface area contributed by atoms with Crippen molar-refractivity contribution < 1.29 is 14.6 Å². The van der Waals surface area contributed by atoms with Gasteiger partial charge in [-0.05, 0) is 0 Å². The van der Waals surface area contributed by atoms with Crippen molar-refractivity contribution in [2.75, 3.05) is 0 Å². The van der Waals surface area contributed by atoms with Crippen LogP contribution in [-0.4, -0.2) is 16.3 Å². The third-order valence-electron chi connectivity index (χ3n) is 0. The molecule has 3 heteroatoms. The summed E-state index contributed by atoms with van der Waals surface area (Å²) in [5, 5.41) is 14.6. The minimum Gasteiger partial charge on any atom is -0.340 e. The van der Waals surface area contributed by atoms with Crippen LogP contribution in [0.2, 0.25) is 0 Å². The van der Waals surface area contributed by atoms with Crippen molar-refractivity contribution in [3.8, 4) is 0 Å². The fraction of sp³-hybridized carbons (Fsp3) is 0.500. The zero-order valence-corrected chi connectivity index (χ0v) is 2.48. The normalized spacial score (nSPS) is 12.0. The number of hydrogen-bond donors (Lipinski definition) is 2. The van der Waals surface area contributed by atoms with E-state index >= 15 is 0 Å². The Kier molecular flexibility index (Phi) is 0.886. The molecule has 5 heavy (non-hydrogen) atoms. The van der Waals surface area contributed by atoms with Gasteiger partial charge in [-0.15, -0.1) is 0 Å². The van der Waals surface area contributed by atoms with Crippen molar-refractivity contribution in [2.45, 2.75) is 6.04 Å². The number of halogens is 1. The molecule has 0 atom stereocenters. The van der Waals surface area contributed by atoms with Crippen LogP contribution < -0.4 is 0 Å². The van der Waals surface area contributed by atoms with Crippen LogP contribution in [0, 0.1) is 6.92 Å². The SMILES string of the molecule is [CH2]C(O)(O)F. The first-order chi connectivity index (χ1) is 2.00. The molecular formula is C2H4FO2. The molecule has 0 saturated carbocycles. The van der Waals surface area contributed by atoms with Crippen LogP contribution in [0.4, 0.5) is 4.39 Å². The Labute approximate surface area is 28.9 Å². The Morgan fingerprint density at radius 3 is 1.60 bits per heavy atom. The van der Waals surface area contributed by atoms with Gasteiger partial charge < -0.3 is 10.2 Å². The summed E-state index contributed by atoms with van der Waals surface area (Å²) in [5.74, 6) is 0. The van der Waals surface area contributed by atoms with Crippen LogP contribution in [0.1, 0.15) is 0 Å². The van der Waals surface area contributed by atoms with Gasteiger partial charge in [0.1, 0.15) is 0 Å². The Hall–Kier alpha value is -0.150. The fourth-order valence-corrected chi connectivity index (χ4v) is 0. The first kappa shape index (κ1) is 4.85. The van der Waals surface area contributed by atoms with Crippen molar-refractivity contribution in [1.29, 1.82) is 0 Å². The lowest BCUT2D eigenvalue weighted by atomic mass is 10.7. The van der Waals surface area contributed by atoms with Crippen molar-refractivity contribution in [3.63, 3.8) is 0 Å². The zero-order valence-electron chi connectivity index (χ0n) is 2.48. The van der Waals surface area contributed by atoms with Crippen molar-refractivity contribution in [3.05, 3.63) is 6.92 Å². The maximum absolute atomic E-state index is 10.7. The van der Waals surface area contributed by atoms with Gasteiger partial charge in [-0.2, -0.15) is 4.39 Å². The first-order valence-corrected chi connectivity index (χ1v) is 0.990. The van der Waals surface area contributed by atoms with Crippen molar-refractivity contribution >= 4 is 0 Å². The average Bonchev–Trinajstić information content (AvgIpc) is 0.722. The van der Waals surface area contributed by atoms with E-state index in [9.17, 15) is 4.39 Å². The quantitative estimate of drug-likeness (QED) is 0.382. The molecule has 0 aliphatic heterocycles. The molecule has 0 unspecified atom stereocenters. The van der Waals surface area contributed by atoms with Crippen molar-refractivity contribution in [1.82, 2.24) is 0 Å². The summed E-state index contributed by atoms with van der Waals surface area (Å²) in [5.41, 5.74) is 0. The van der Waals surface area contributed by atoms with E-state index < -0.39 is 6.04 Å². The summed E-state index contributed by atoms with van der Waals surface area (Å²) < 4.78 is 10.7. The van der Waals surface area contributed by atoms with E-state index in [2.05, 4.69) is 6.92 Å². The van der Waals surface area contributed by atoms with Crippen molar-refractivity contribution in [2.24, 2.45) is 0 Å². The Bertz CT molecular complexity index is 23.1. The second kappa shape index (κ2) is 0.914. The molecule has 0 aromatic carbocycles. The highest BCUT2D eigenvalue weighted by molar-refractivity contribution is 4.43. The molecule has 0 spiro atoms. The summed E-state index contributed by atoms with van der Waals surface area (Å²) in [6.45, 7) is 2.22. The van der Waals surface area contributed by atoms with Gasteiger partial charge in [-0.3, -0.25) is 0 Å². The monoisotopic (exact) mass is 79.0 g/mol. The second-order valence-electron chi connectivity index (χ2n) is 0.719. The van der Waals surface area contributed by atoms with Gasteiger partial charge in [0.2, 0.25) is 0 Å². The topological polar surface area (TPSA) is 40.5 Å². The molecule has 0 aromatic rings. The van der Waals surface area contributed by atoms with Gasteiger partial charge in [-0.1, -0.05) is 0 Å². The maximum Gasteiger partial charge on any atom is 0.315 e. The predicted molar refractivity (Wildman–Crippen MR) is 13.6 cm³/mol. The van der Waals surface area contributed by atoms with E-state index in [1.165, 1.54) is 0 Å². The summed E-state index contributed by atoms with van der Waals surface area (Å²) in [6.07, 6.45) is 0. The fourth-order valence-electron chi connectivity index (χ4n) is 0. The molecule has 0 saturated heterocycles. The Morgan fingerprint density at radius 1 is 1.60 bits per heavy atom. The molecule has 31 valence electrons. The molecular weight excluding hydrogens is 75.0 g/mol. The van der Waals surface area contributed by atoms with Crippen LogP contribution in [0.25, 0.3) is 0 Å². The van der Waals surface area contributed by atoms with Crippen LogP contribution in [0.5, 0.6) is 0 Å². The molecule has 2 N–H and O–H groups in total. The van der Waals surface area contributed by atoms with E-state index in [0.717, 1.165) is 0 Å². The Balaban J connectivity index is 3.02. The largest absolute Gasteiger partial charge is 0.340 e. The summed E-state index contributed by atoms with van der Waals surface area (Å²) >= 11 is 0. The Morgan fingerprint density at radius 2 is 1.60 bits per heavy atom. The molecule has 0 aliphatic rings. The predicted octanol–water partition coefficient (Wildman–Crippen LogP) is -0.572. The first-order valence-electron chi connectivity index (χ1n) is 0.990. The van der Waals surface area contributed by atoms with Gasteiger partial charge in [0.05, 0.1) is 0 Å². The second-order valence-corrected chi connectivity index (χ2v) is 0.719. The number of hydrogen-bond acceptors (Lipinski definition) is 2. The lowest BCUT2D eigenvalue weighted by molar-refractivity contribution is -0.220. The summed E-state index contributed by atoms with van der Waals surface area (Å²) in [7, 11) is 0. The molecule has 2 nitrogen and oxygen atoms in total. The van der Waals surface area contributed by atoms with E-state index in [-0.39, 0.29) is 0 Å². The van der Waals surface area contributed by atoms with E-state index in [1.807, 2.05) is 0 Å². The minimum atomic E-state index is -3.25. The third-order valence-corrected chi connectivity index (χ3v) is 0. The maximum atomic E-state index is 10.7. The highest BCUT2D eigenvalue weighted by Gasteiger charge is 2.08.